The fourth-order valence-electron chi connectivity index (χ4n) is 1.17. The van der Waals surface area contributed by atoms with Gasteiger partial charge in [-0.15, -0.1) is 0 Å². The van der Waals surface area contributed by atoms with Gasteiger partial charge < -0.3 is 5.32 Å². The zero-order valence-corrected chi connectivity index (χ0v) is 8.84. The summed E-state index contributed by atoms with van der Waals surface area (Å²) in [6.07, 6.45) is 1.79. The molecule has 0 spiro atoms. The zero-order valence-electron chi connectivity index (χ0n) is 8.03. The van der Waals surface area contributed by atoms with Gasteiger partial charge >= 0.3 is 0 Å². The smallest absolute Gasteiger partial charge is 0.188 e. The van der Waals surface area contributed by atoms with Gasteiger partial charge in [-0.2, -0.15) is 0 Å². The monoisotopic (exact) mass is 208 g/mol. The van der Waals surface area contributed by atoms with E-state index in [1.165, 1.54) is 0 Å². The Morgan fingerprint density at radius 2 is 2.50 bits per heavy atom. The van der Waals surface area contributed by atoms with Gasteiger partial charge in [0.1, 0.15) is 5.84 Å². The molecule has 2 heterocycles. The minimum absolute atomic E-state index is 0.821. The van der Waals surface area contributed by atoms with Crippen LogP contribution < -0.4 is 5.32 Å². The molecule has 0 atom stereocenters. The molecule has 1 aliphatic heterocycles. The molecule has 2 rings (SSSR count). The fraction of sp³-hybridized carbons (Fsp3) is 0.444. The Hall–Kier alpha value is -1.10. The first kappa shape index (κ1) is 9.45. The van der Waals surface area contributed by atoms with Crippen LogP contribution >= 0.6 is 11.8 Å². The van der Waals surface area contributed by atoms with Crippen LogP contribution in [0.1, 0.15) is 5.69 Å². The first-order chi connectivity index (χ1) is 6.84. The Balaban J connectivity index is 1.91. The van der Waals surface area contributed by atoms with Gasteiger partial charge in [-0.05, 0) is 13.0 Å². The van der Waals surface area contributed by atoms with Crippen LogP contribution in [-0.2, 0) is 0 Å². The summed E-state index contributed by atoms with van der Waals surface area (Å²) in [4.78, 5) is 12.8. The van der Waals surface area contributed by atoms with Crippen molar-refractivity contribution in [2.75, 3.05) is 18.8 Å². The maximum absolute atomic E-state index is 4.30. The number of rotatable bonds is 3. The van der Waals surface area contributed by atoms with Crippen LogP contribution in [0, 0.1) is 6.92 Å². The number of aryl methyl sites for hydroxylation is 1. The number of hydrogen-bond acceptors (Lipinski definition) is 5. The third-order valence-corrected chi connectivity index (χ3v) is 2.73. The lowest BCUT2D eigenvalue weighted by Gasteiger charge is -2.01. The zero-order chi connectivity index (χ0) is 9.80. The van der Waals surface area contributed by atoms with Crippen molar-refractivity contribution in [3.63, 3.8) is 0 Å². The topological polar surface area (TPSA) is 50.2 Å². The number of nitrogens with zero attached hydrogens (tertiary/aromatic N) is 3. The maximum Gasteiger partial charge on any atom is 0.188 e. The molecule has 0 unspecified atom stereocenters. The Bertz CT molecular complexity index is 350. The normalized spacial score (nSPS) is 15.1. The van der Waals surface area contributed by atoms with E-state index in [1.807, 2.05) is 13.0 Å². The van der Waals surface area contributed by atoms with Crippen molar-refractivity contribution in [2.45, 2.75) is 12.1 Å². The molecule has 0 aliphatic carbocycles. The number of aliphatic imine (C=N–C) groups is 1. The predicted octanol–water partition coefficient (Wildman–Crippen LogP) is 0.879. The number of amidine groups is 1. The number of nitrogens with one attached hydrogen (secondary N) is 1. The minimum atomic E-state index is 0.821. The van der Waals surface area contributed by atoms with Crippen LogP contribution in [0.25, 0.3) is 0 Å². The van der Waals surface area contributed by atoms with Gasteiger partial charge in [0.05, 0.1) is 12.3 Å². The van der Waals surface area contributed by atoms with Gasteiger partial charge in [-0.25, -0.2) is 9.97 Å². The van der Waals surface area contributed by atoms with Crippen molar-refractivity contribution >= 4 is 17.6 Å². The Morgan fingerprint density at radius 3 is 3.21 bits per heavy atom. The van der Waals surface area contributed by atoms with E-state index in [-0.39, 0.29) is 0 Å². The summed E-state index contributed by atoms with van der Waals surface area (Å²) in [6.45, 7) is 3.83. The van der Waals surface area contributed by atoms with Crippen LogP contribution in [-0.4, -0.2) is 34.6 Å². The Morgan fingerprint density at radius 1 is 1.57 bits per heavy atom. The van der Waals surface area contributed by atoms with Gasteiger partial charge in [-0.1, -0.05) is 11.8 Å². The molecule has 0 aromatic carbocycles. The Labute approximate surface area is 87.3 Å². The van der Waals surface area contributed by atoms with Crippen molar-refractivity contribution in [3.8, 4) is 0 Å². The molecule has 0 saturated heterocycles. The third-order valence-electron chi connectivity index (χ3n) is 1.85. The average molecular weight is 208 g/mol. The summed E-state index contributed by atoms with van der Waals surface area (Å²) in [5.41, 5.74) is 1.00. The minimum Gasteiger partial charge on any atom is -0.371 e. The third kappa shape index (κ3) is 2.45. The quantitative estimate of drug-likeness (QED) is 0.592. The van der Waals surface area contributed by atoms with Gasteiger partial charge in [0.2, 0.25) is 0 Å². The van der Waals surface area contributed by atoms with Gasteiger partial charge in [0.15, 0.2) is 5.16 Å². The standard InChI is InChI=1S/C9H12N4S/c1-7-2-3-12-9(13-7)14-6-8-10-4-5-11-8/h2-3H,4-6H2,1H3,(H,10,11). The van der Waals surface area contributed by atoms with E-state index in [1.54, 1.807) is 18.0 Å². The molecule has 4 nitrogen and oxygen atoms in total. The molecule has 0 amide bonds. The lowest BCUT2D eigenvalue weighted by Crippen LogP contribution is -2.20. The molecule has 14 heavy (non-hydrogen) atoms. The second-order valence-electron chi connectivity index (χ2n) is 3.02. The molecule has 1 N–H and O–H groups in total. The lowest BCUT2D eigenvalue weighted by molar-refractivity contribution is 0.933. The van der Waals surface area contributed by atoms with Crippen LogP contribution in [0.15, 0.2) is 22.4 Å². The van der Waals surface area contributed by atoms with Gasteiger partial charge in [0, 0.05) is 18.4 Å². The van der Waals surface area contributed by atoms with E-state index >= 15 is 0 Å². The Kier molecular flexibility index (Phi) is 2.98. The molecular weight excluding hydrogens is 196 g/mol. The molecule has 74 valence electrons. The van der Waals surface area contributed by atoms with E-state index < -0.39 is 0 Å². The maximum atomic E-state index is 4.30. The summed E-state index contributed by atoms with van der Waals surface area (Å²) >= 11 is 1.62. The van der Waals surface area contributed by atoms with E-state index in [2.05, 4.69) is 20.3 Å². The van der Waals surface area contributed by atoms with Crippen LogP contribution in [0.3, 0.4) is 0 Å². The second kappa shape index (κ2) is 4.41. The number of thioether (sulfide) groups is 1. The van der Waals surface area contributed by atoms with Crippen molar-refractivity contribution < 1.29 is 0 Å². The van der Waals surface area contributed by atoms with Crippen LogP contribution in [0.2, 0.25) is 0 Å². The van der Waals surface area contributed by atoms with Crippen molar-refractivity contribution in [1.82, 2.24) is 15.3 Å². The van der Waals surface area contributed by atoms with Crippen LogP contribution in [0.4, 0.5) is 0 Å². The van der Waals surface area contributed by atoms with Crippen molar-refractivity contribution in [3.05, 3.63) is 18.0 Å². The SMILES string of the molecule is Cc1ccnc(SCC2=NCCN2)n1. The largest absolute Gasteiger partial charge is 0.371 e. The molecule has 0 saturated carbocycles. The lowest BCUT2D eigenvalue weighted by atomic mass is 10.5. The van der Waals surface area contributed by atoms with Gasteiger partial charge in [-0.3, -0.25) is 4.99 Å². The molecule has 1 aromatic heterocycles. The first-order valence-electron chi connectivity index (χ1n) is 4.54. The first-order valence-corrected chi connectivity index (χ1v) is 5.53. The second-order valence-corrected chi connectivity index (χ2v) is 3.97. The molecule has 0 radical (unpaired) electrons. The summed E-state index contributed by atoms with van der Waals surface area (Å²) < 4.78 is 0. The highest BCUT2D eigenvalue weighted by Gasteiger charge is 2.06. The van der Waals surface area contributed by atoms with Crippen LogP contribution in [0.5, 0.6) is 0 Å². The van der Waals surface area contributed by atoms with E-state index in [4.69, 9.17) is 0 Å². The highest BCUT2D eigenvalue weighted by atomic mass is 32.2. The summed E-state index contributed by atoms with van der Waals surface area (Å²) in [6, 6.07) is 1.90. The van der Waals surface area contributed by atoms with E-state index in [0.29, 0.717) is 0 Å². The van der Waals surface area contributed by atoms with Crippen molar-refractivity contribution in [1.29, 1.82) is 0 Å². The fourth-order valence-corrected chi connectivity index (χ4v) is 1.98. The number of hydrogen-bond donors (Lipinski definition) is 1. The molecule has 1 aliphatic rings. The average Bonchev–Trinajstić information content (AvgIpc) is 2.67. The highest BCUT2D eigenvalue weighted by molar-refractivity contribution is 7.99. The number of aromatic nitrogens is 2. The van der Waals surface area contributed by atoms with E-state index in [9.17, 15) is 0 Å². The molecular formula is C9H12N4S. The predicted molar refractivity (Wildman–Crippen MR) is 57.8 cm³/mol. The summed E-state index contributed by atoms with van der Waals surface area (Å²) in [5.74, 6) is 1.89. The van der Waals surface area contributed by atoms with Gasteiger partial charge in [0.25, 0.3) is 0 Å². The highest BCUT2D eigenvalue weighted by Crippen LogP contribution is 2.12. The molecule has 0 fully saturated rings. The molecule has 5 heteroatoms. The summed E-state index contributed by atoms with van der Waals surface area (Å²) in [7, 11) is 0. The van der Waals surface area contributed by atoms with E-state index in [0.717, 1.165) is 35.5 Å². The molecule has 1 aromatic rings. The summed E-state index contributed by atoms with van der Waals surface area (Å²) in [5, 5.41) is 4.04. The molecule has 0 bridgehead atoms. The van der Waals surface area contributed by atoms with Crippen molar-refractivity contribution in [2.24, 2.45) is 4.99 Å².